The van der Waals surface area contributed by atoms with Crippen molar-refractivity contribution in [3.63, 3.8) is 0 Å². The molecule has 3 aromatic heterocycles. The number of hydrogen-bond donors (Lipinski definition) is 0. The molecular weight excluding hydrogens is 258 g/mol. The summed E-state index contributed by atoms with van der Waals surface area (Å²) in [6, 6.07) is 4.08. The summed E-state index contributed by atoms with van der Waals surface area (Å²) in [6.45, 7) is 0. The van der Waals surface area contributed by atoms with Gasteiger partial charge in [-0.25, -0.2) is 9.97 Å². The van der Waals surface area contributed by atoms with Crippen molar-refractivity contribution in [3.8, 4) is 0 Å². The van der Waals surface area contributed by atoms with Crippen molar-refractivity contribution in [2.24, 2.45) is 7.05 Å². The summed E-state index contributed by atoms with van der Waals surface area (Å²) in [5, 5.41) is 6.23. The third kappa shape index (κ3) is 2.58. The van der Waals surface area contributed by atoms with Crippen molar-refractivity contribution in [2.75, 3.05) is 5.75 Å². The second kappa shape index (κ2) is 5.36. The molecule has 0 radical (unpaired) electrons. The maximum Gasteiger partial charge on any atom is 0.162 e. The highest BCUT2D eigenvalue weighted by atomic mass is 32.2. The third-order valence-corrected chi connectivity index (χ3v) is 3.88. The molecule has 19 heavy (non-hydrogen) atoms. The second-order valence-corrected chi connectivity index (χ2v) is 5.22. The van der Waals surface area contributed by atoms with Crippen molar-refractivity contribution in [1.29, 1.82) is 0 Å². The highest BCUT2D eigenvalue weighted by Gasteiger charge is 2.07. The van der Waals surface area contributed by atoms with Gasteiger partial charge in [0.2, 0.25) is 0 Å². The first-order chi connectivity index (χ1) is 9.34. The molecule has 0 atom stereocenters. The van der Waals surface area contributed by atoms with Gasteiger partial charge in [-0.2, -0.15) is 5.10 Å². The van der Waals surface area contributed by atoms with Crippen LogP contribution in [-0.4, -0.2) is 30.5 Å². The minimum absolute atomic E-state index is 0.876. The second-order valence-electron chi connectivity index (χ2n) is 4.14. The first kappa shape index (κ1) is 12.1. The topological polar surface area (TPSA) is 56.5 Å². The molecule has 0 N–H and O–H groups in total. The van der Waals surface area contributed by atoms with Crippen LogP contribution >= 0.6 is 11.8 Å². The molecule has 6 heteroatoms. The first-order valence-electron chi connectivity index (χ1n) is 5.99. The number of nitrogens with zero attached hydrogens (tertiary/aromatic N) is 5. The van der Waals surface area contributed by atoms with Crippen LogP contribution in [0, 0.1) is 0 Å². The number of fused-ring (bicyclic) bond motifs is 1. The summed E-state index contributed by atoms with van der Waals surface area (Å²) in [4.78, 5) is 12.6. The molecule has 0 bridgehead atoms. The normalized spacial score (nSPS) is 11.0. The number of hydrogen-bond acceptors (Lipinski definition) is 5. The van der Waals surface area contributed by atoms with Gasteiger partial charge < -0.3 is 0 Å². The average Bonchev–Trinajstić information content (AvgIpc) is 2.83. The molecule has 0 fully saturated rings. The third-order valence-electron chi connectivity index (χ3n) is 2.87. The van der Waals surface area contributed by atoms with Gasteiger partial charge in [-0.3, -0.25) is 9.67 Å². The van der Waals surface area contributed by atoms with E-state index < -0.39 is 0 Å². The van der Waals surface area contributed by atoms with Gasteiger partial charge in [0.1, 0.15) is 11.4 Å². The van der Waals surface area contributed by atoms with E-state index >= 15 is 0 Å². The average molecular weight is 271 g/mol. The first-order valence-corrected chi connectivity index (χ1v) is 6.97. The van der Waals surface area contributed by atoms with E-state index in [1.165, 1.54) is 5.56 Å². The van der Waals surface area contributed by atoms with Gasteiger partial charge in [-0.1, -0.05) is 0 Å². The number of aryl methyl sites for hydroxylation is 2. The van der Waals surface area contributed by atoms with Gasteiger partial charge in [0.15, 0.2) is 5.65 Å². The van der Waals surface area contributed by atoms with Crippen LogP contribution in [0.5, 0.6) is 0 Å². The fourth-order valence-corrected chi connectivity index (χ4v) is 2.82. The molecule has 0 unspecified atom stereocenters. The van der Waals surface area contributed by atoms with E-state index in [2.05, 4.69) is 20.1 Å². The van der Waals surface area contributed by atoms with E-state index in [-0.39, 0.29) is 0 Å². The predicted molar refractivity (Wildman–Crippen MR) is 75.0 cm³/mol. The lowest BCUT2D eigenvalue weighted by Crippen LogP contribution is -1.94. The summed E-state index contributed by atoms with van der Waals surface area (Å²) in [7, 11) is 1.89. The smallest absolute Gasteiger partial charge is 0.162 e. The minimum atomic E-state index is 0.876. The van der Waals surface area contributed by atoms with E-state index in [1.54, 1.807) is 22.8 Å². The van der Waals surface area contributed by atoms with Gasteiger partial charge >= 0.3 is 0 Å². The fourth-order valence-electron chi connectivity index (χ4n) is 1.87. The van der Waals surface area contributed by atoms with Crippen LogP contribution in [0.15, 0.2) is 42.1 Å². The van der Waals surface area contributed by atoms with Crippen LogP contribution in [0.3, 0.4) is 0 Å². The number of rotatable bonds is 4. The van der Waals surface area contributed by atoms with Gasteiger partial charge in [-0.05, 0) is 24.1 Å². The summed E-state index contributed by atoms with van der Waals surface area (Å²) >= 11 is 1.73. The highest BCUT2D eigenvalue weighted by Crippen LogP contribution is 2.24. The Labute approximate surface area is 115 Å². The maximum absolute atomic E-state index is 4.34. The lowest BCUT2D eigenvalue weighted by atomic mass is 10.2. The molecular formula is C13H13N5S. The lowest BCUT2D eigenvalue weighted by Gasteiger charge is -2.02. The molecule has 3 rings (SSSR count). The zero-order chi connectivity index (χ0) is 13.1. The molecule has 0 saturated heterocycles. The summed E-state index contributed by atoms with van der Waals surface area (Å²) in [5.41, 5.74) is 2.17. The zero-order valence-electron chi connectivity index (χ0n) is 10.5. The Morgan fingerprint density at radius 1 is 1.21 bits per heavy atom. The molecule has 5 nitrogen and oxygen atoms in total. The van der Waals surface area contributed by atoms with Crippen LogP contribution < -0.4 is 0 Å². The lowest BCUT2D eigenvalue weighted by molar-refractivity contribution is 0.784. The Morgan fingerprint density at radius 2 is 2.05 bits per heavy atom. The Morgan fingerprint density at radius 3 is 2.89 bits per heavy atom. The Hall–Kier alpha value is -1.95. The summed E-state index contributed by atoms with van der Waals surface area (Å²) in [6.07, 6.45) is 8.07. The number of thioether (sulfide) groups is 1. The van der Waals surface area contributed by atoms with Gasteiger partial charge in [0.05, 0.1) is 11.6 Å². The molecule has 0 aliphatic heterocycles. The quantitative estimate of drug-likeness (QED) is 0.537. The molecule has 3 aromatic rings. The van der Waals surface area contributed by atoms with Gasteiger partial charge in [0.25, 0.3) is 0 Å². The van der Waals surface area contributed by atoms with Crippen molar-refractivity contribution in [1.82, 2.24) is 24.7 Å². The number of pyridine rings is 1. The molecule has 0 aliphatic rings. The molecule has 3 heterocycles. The Balaban J connectivity index is 1.72. The van der Waals surface area contributed by atoms with E-state index in [9.17, 15) is 0 Å². The van der Waals surface area contributed by atoms with Gasteiger partial charge in [-0.15, -0.1) is 11.8 Å². The van der Waals surface area contributed by atoms with Gasteiger partial charge in [0, 0.05) is 25.2 Å². The summed E-state index contributed by atoms with van der Waals surface area (Å²) in [5.74, 6) is 0.977. The van der Waals surface area contributed by atoms with Crippen molar-refractivity contribution >= 4 is 22.8 Å². The van der Waals surface area contributed by atoms with Crippen LogP contribution in [0.25, 0.3) is 11.0 Å². The van der Waals surface area contributed by atoms with E-state index in [4.69, 9.17) is 0 Å². The zero-order valence-corrected chi connectivity index (χ0v) is 11.3. The molecule has 0 spiro atoms. The van der Waals surface area contributed by atoms with E-state index in [1.807, 2.05) is 37.8 Å². The summed E-state index contributed by atoms with van der Waals surface area (Å²) < 4.78 is 1.77. The monoisotopic (exact) mass is 271 g/mol. The maximum atomic E-state index is 4.34. The number of aromatic nitrogens is 5. The van der Waals surface area contributed by atoms with E-state index in [0.29, 0.717) is 0 Å². The van der Waals surface area contributed by atoms with E-state index in [0.717, 1.165) is 28.2 Å². The molecule has 0 aromatic carbocycles. The van der Waals surface area contributed by atoms with Crippen LogP contribution in [0.1, 0.15) is 5.56 Å². The Kier molecular flexibility index (Phi) is 3.41. The van der Waals surface area contributed by atoms with Crippen LogP contribution in [-0.2, 0) is 13.5 Å². The molecule has 96 valence electrons. The molecule has 0 aliphatic carbocycles. The van der Waals surface area contributed by atoms with Crippen molar-refractivity contribution in [3.05, 3.63) is 42.6 Å². The van der Waals surface area contributed by atoms with Crippen LogP contribution in [0.2, 0.25) is 0 Å². The predicted octanol–water partition coefficient (Wildman–Crippen LogP) is 2.09. The largest absolute Gasteiger partial charge is 0.265 e. The Bertz CT molecular complexity index is 680. The molecule has 0 amide bonds. The minimum Gasteiger partial charge on any atom is -0.265 e. The van der Waals surface area contributed by atoms with Crippen molar-refractivity contribution in [2.45, 2.75) is 11.4 Å². The SMILES string of the molecule is Cn1ncc2c(SCCc3ccncc3)ncnc21. The standard InChI is InChI=1S/C13H13N5S/c1-18-12-11(8-17-18)13(16-9-15-12)19-7-4-10-2-5-14-6-3-10/h2-3,5-6,8-9H,4,7H2,1H3. The van der Waals surface area contributed by atoms with Crippen LogP contribution in [0.4, 0.5) is 0 Å². The highest BCUT2D eigenvalue weighted by molar-refractivity contribution is 7.99. The van der Waals surface area contributed by atoms with Crippen molar-refractivity contribution < 1.29 is 0 Å². The fraction of sp³-hybridized carbons (Fsp3) is 0.231. The molecule has 0 saturated carbocycles.